The third kappa shape index (κ3) is 2.62. The average molecular weight is 373 g/mol. The first-order valence-corrected chi connectivity index (χ1v) is 10.2. The largest absolute Gasteiger partial charge is 0.369 e. The summed E-state index contributed by atoms with van der Waals surface area (Å²) in [4.78, 5) is 6.45. The number of benzene rings is 1. The third-order valence-corrected chi connectivity index (χ3v) is 6.71. The predicted molar refractivity (Wildman–Crippen MR) is 95.3 cm³/mol. The molecule has 1 aromatic rings. The Balaban J connectivity index is 1.32. The lowest BCUT2D eigenvalue weighted by molar-refractivity contribution is -0.255. The second-order valence-corrected chi connectivity index (χ2v) is 8.91. The molecule has 6 heteroatoms. The van der Waals surface area contributed by atoms with Crippen LogP contribution in [0.2, 0.25) is 0 Å². The van der Waals surface area contributed by atoms with Gasteiger partial charge in [-0.05, 0) is 38.7 Å². The summed E-state index contributed by atoms with van der Waals surface area (Å²) in [6.07, 6.45) is 3.07. The predicted octanol–water partition coefficient (Wildman–Crippen LogP) is 2.61. The summed E-state index contributed by atoms with van der Waals surface area (Å²) in [6, 6.07) is 10.7. The average Bonchev–Trinajstić information content (AvgIpc) is 3.26. The highest BCUT2D eigenvalue weighted by atomic mass is 16.8. The zero-order valence-corrected chi connectivity index (χ0v) is 15.8. The van der Waals surface area contributed by atoms with Crippen molar-refractivity contribution < 1.29 is 23.8 Å². The smallest absolute Gasteiger partial charge is 0.190 e. The molecule has 0 unspecified atom stereocenters. The van der Waals surface area contributed by atoms with Gasteiger partial charge in [-0.25, -0.2) is 0 Å². The first kappa shape index (κ1) is 16.9. The minimum atomic E-state index is -0.620. The van der Waals surface area contributed by atoms with E-state index < -0.39 is 5.79 Å². The Morgan fingerprint density at radius 1 is 0.963 bits per heavy atom. The molecule has 1 saturated carbocycles. The van der Waals surface area contributed by atoms with Gasteiger partial charge in [0.25, 0.3) is 0 Å². The minimum absolute atomic E-state index is 0.0795. The summed E-state index contributed by atoms with van der Waals surface area (Å²) in [5.41, 5.74) is 1.25. The van der Waals surface area contributed by atoms with Crippen LogP contribution in [0.3, 0.4) is 0 Å². The Morgan fingerprint density at radius 3 is 2.63 bits per heavy atom. The van der Waals surface area contributed by atoms with Crippen LogP contribution in [0.1, 0.15) is 38.7 Å². The van der Waals surface area contributed by atoms with Gasteiger partial charge < -0.3 is 18.9 Å². The molecule has 0 bridgehead atoms. The van der Waals surface area contributed by atoms with E-state index in [0.717, 1.165) is 25.8 Å². The fourth-order valence-electron chi connectivity index (χ4n) is 5.73. The van der Waals surface area contributed by atoms with Gasteiger partial charge in [0.2, 0.25) is 0 Å². The van der Waals surface area contributed by atoms with Crippen LogP contribution in [0.4, 0.5) is 0 Å². The number of hydrogen-bond acceptors (Lipinski definition) is 6. The molecule has 0 radical (unpaired) electrons. The lowest BCUT2D eigenvalue weighted by atomic mass is 9.75. The van der Waals surface area contributed by atoms with E-state index in [-0.39, 0.29) is 42.9 Å². The van der Waals surface area contributed by atoms with Crippen molar-refractivity contribution in [1.29, 1.82) is 0 Å². The van der Waals surface area contributed by atoms with Crippen LogP contribution >= 0.6 is 0 Å². The molecule has 4 saturated heterocycles. The molecule has 1 aliphatic carbocycles. The molecule has 0 aromatic heterocycles. The van der Waals surface area contributed by atoms with Crippen LogP contribution in [-0.2, 0) is 30.3 Å². The molecule has 1 aromatic carbocycles. The van der Waals surface area contributed by atoms with Crippen LogP contribution in [0, 0.1) is 5.92 Å². The topological polar surface area (TPSA) is 49.4 Å². The van der Waals surface area contributed by atoms with Crippen molar-refractivity contribution in [3.05, 3.63) is 35.9 Å². The highest BCUT2D eigenvalue weighted by molar-refractivity contribution is 5.16. The Morgan fingerprint density at radius 2 is 1.78 bits per heavy atom. The van der Waals surface area contributed by atoms with E-state index in [0.29, 0.717) is 5.92 Å². The molecule has 6 rings (SSSR count). The summed E-state index contributed by atoms with van der Waals surface area (Å²) >= 11 is 0. The van der Waals surface area contributed by atoms with Gasteiger partial charge in [-0.1, -0.05) is 30.3 Å². The molecular weight excluding hydrogens is 346 g/mol. The number of nitrogens with zero attached hydrogens (tertiary/aromatic N) is 1. The summed E-state index contributed by atoms with van der Waals surface area (Å²) in [7, 11) is 0. The lowest BCUT2D eigenvalue weighted by Gasteiger charge is -2.45. The maximum atomic E-state index is 6.56. The summed E-state index contributed by atoms with van der Waals surface area (Å²) < 4.78 is 25.1. The maximum absolute atomic E-state index is 6.56. The molecule has 27 heavy (non-hydrogen) atoms. The molecular formula is C21H27NO5. The van der Waals surface area contributed by atoms with Gasteiger partial charge in [-0.2, -0.15) is 5.06 Å². The fourth-order valence-corrected chi connectivity index (χ4v) is 5.73. The Kier molecular flexibility index (Phi) is 3.75. The fraction of sp³-hybridized carbons (Fsp3) is 0.714. The summed E-state index contributed by atoms with van der Waals surface area (Å²) in [5, 5.41) is 2.16. The Labute approximate surface area is 159 Å². The monoisotopic (exact) mass is 373 g/mol. The van der Waals surface area contributed by atoms with Crippen LogP contribution in [-0.4, -0.2) is 53.7 Å². The van der Waals surface area contributed by atoms with E-state index in [4.69, 9.17) is 23.8 Å². The molecule has 4 aliphatic heterocycles. The van der Waals surface area contributed by atoms with E-state index in [1.807, 2.05) is 19.9 Å². The molecule has 6 nitrogen and oxygen atoms in total. The van der Waals surface area contributed by atoms with Gasteiger partial charge in [0.15, 0.2) is 12.1 Å². The van der Waals surface area contributed by atoms with Gasteiger partial charge in [-0.15, -0.1) is 0 Å². The molecule has 0 amide bonds. The van der Waals surface area contributed by atoms with Crippen LogP contribution in [0.5, 0.6) is 0 Å². The highest BCUT2D eigenvalue weighted by Gasteiger charge is 2.66. The number of rotatable bonds is 2. The molecule has 8 atom stereocenters. The molecule has 0 spiro atoms. The molecule has 4 heterocycles. The zero-order valence-electron chi connectivity index (χ0n) is 15.8. The van der Waals surface area contributed by atoms with Crippen LogP contribution < -0.4 is 0 Å². The second-order valence-electron chi connectivity index (χ2n) is 8.91. The van der Waals surface area contributed by atoms with Gasteiger partial charge >= 0.3 is 0 Å². The van der Waals surface area contributed by atoms with Crippen LogP contribution in [0.15, 0.2) is 30.3 Å². The first-order chi connectivity index (χ1) is 13.1. The molecule has 0 N–H and O–H groups in total. The van der Waals surface area contributed by atoms with E-state index in [2.05, 4.69) is 29.3 Å². The lowest BCUT2D eigenvalue weighted by Crippen LogP contribution is -2.59. The zero-order chi connectivity index (χ0) is 18.2. The van der Waals surface area contributed by atoms with E-state index in [9.17, 15) is 0 Å². The van der Waals surface area contributed by atoms with Crippen molar-refractivity contribution in [2.24, 2.45) is 5.92 Å². The maximum Gasteiger partial charge on any atom is 0.190 e. The number of hydroxylamine groups is 2. The van der Waals surface area contributed by atoms with Gasteiger partial charge in [0.1, 0.15) is 18.3 Å². The van der Waals surface area contributed by atoms with Gasteiger partial charge in [0, 0.05) is 12.5 Å². The van der Waals surface area contributed by atoms with E-state index in [1.165, 1.54) is 5.56 Å². The molecule has 146 valence electrons. The van der Waals surface area contributed by atoms with Crippen molar-refractivity contribution in [2.45, 2.75) is 88.3 Å². The van der Waals surface area contributed by atoms with E-state index >= 15 is 0 Å². The molecule has 5 aliphatic rings. The van der Waals surface area contributed by atoms with Crippen LogP contribution in [0.25, 0.3) is 0 Å². The van der Waals surface area contributed by atoms with Crippen molar-refractivity contribution in [3.8, 4) is 0 Å². The minimum Gasteiger partial charge on any atom is -0.369 e. The first-order valence-electron chi connectivity index (χ1n) is 10.2. The second kappa shape index (κ2) is 5.99. The summed E-state index contributed by atoms with van der Waals surface area (Å²) in [5.74, 6) is -0.263. The standard InChI is InChI=1S/C21H27NO5/c1-21(2)25-19-18-17(24-20(19)26-21)16-15-13(23-18)9-6-10-14(15)27-22(16)11-12-7-4-3-5-8-12/h3-5,7-8,13-20H,6,9-11H2,1-2H3/t13-,14+,15-,16-,17-,18+,19-,20-/m1/s1. The SMILES string of the molecule is CC1(C)O[C@H]2O[C@H]3[C@H](O[C@@H]4CCC[C@@H]5ON(Cc6ccccc6)[C@@H]3[C@@H]54)[C@H]2O1. The number of fused-ring (bicyclic) bond motifs is 4. The normalized spacial score (nSPS) is 47.5. The number of ether oxygens (including phenoxy) is 4. The molecule has 5 fully saturated rings. The third-order valence-electron chi connectivity index (χ3n) is 6.71. The Bertz CT molecular complexity index is 712. The highest BCUT2D eigenvalue weighted by Crippen LogP contribution is 2.51. The van der Waals surface area contributed by atoms with Crippen molar-refractivity contribution in [1.82, 2.24) is 5.06 Å². The number of hydrogen-bond donors (Lipinski definition) is 0. The van der Waals surface area contributed by atoms with E-state index in [1.54, 1.807) is 0 Å². The van der Waals surface area contributed by atoms with Crippen molar-refractivity contribution in [3.63, 3.8) is 0 Å². The van der Waals surface area contributed by atoms with Gasteiger partial charge in [0.05, 0.1) is 18.2 Å². The van der Waals surface area contributed by atoms with Crippen molar-refractivity contribution in [2.75, 3.05) is 0 Å². The summed E-state index contributed by atoms with van der Waals surface area (Å²) in [6.45, 7) is 4.64. The van der Waals surface area contributed by atoms with Crippen molar-refractivity contribution >= 4 is 0 Å². The van der Waals surface area contributed by atoms with Gasteiger partial charge in [-0.3, -0.25) is 4.84 Å². The Hall–Kier alpha value is -1.02. The quantitative estimate of drug-likeness (QED) is 0.794.